The number of hydrogen-bond acceptors (Lipinski definition) is 7. The molecule has 0 spiro atoms. The van der Waals surface area contributed by atoms with E-state index in [1.165, 1.54) is 4.90 Å². The van der Waals surface area contributed by atoms with Crippen molar-refractivity contribution in [2.45, 2.75) is 76.1 Å². The topological polar surface area (TPSA) is 131 Å². The van der Waals surface area contributed by atoms with Crippen LogP contribution in [0.25, 0.3) is 0 Å². The van der Waals surface area contributed by atoms with E-state index in [0.29, 0.717) is 0 Å². The fourth-order valence-corrected chi connectivity index (χ4v) is 5.24. The number of rotatable bonds is 8. The molecule has 0 aromatic heterocycles. The fraction of sp³-hybridized carbons (Fsp3) is 0.615. The fourth-order valence-electron chi connectivity index (χ4n) is 5.24. The van der Waals surface area contributed by atoms with Crippen LogP contribution in [0, 0.1) is 5.92 Å². The first-order chi connectivity index (χ1) is 17.4. The van der Waals surface area contributed by atoms with Crippen LogP contribution in [0.1, 0.15) is 56.9 Å². The highest BCUT2D eigenvalue weighted by Gasteiger charge is 2.39. The lowest BCUT2D eigenvalue weighted by atomic mass is 9.81. The van der Waals surface area contributed by atoms with Crippen molar-refractivity contribution in [1.82, 2.24) is 15.1 Å². The summed E-state index contributed by atoms with van der Waals surface area (Å²) in [5, 5.41) is 3.03. The Hall–Kier alpha value is -3.14. The molecule has 3 N–H and O–H groups in total. The maximum Gasteiger partial charge on any atom is 0.413 e. The molecule has 0 bridgehead atoms. The SMILES string of the molecule is N[C@H](C(=O)N1CCCC1)[C@H]1CC[C@H](NC(=O)CC[C@H]2C(=O)OCN2C(=O)OCc2ccccc2)CC1. The predicted molar refractivity (Wildman–Crippen MR) is 130 cm³/mol. The Morgan fingerprint density at radius 3 is 2.47 bits per heavy atom. The van der Waals surface area contributed by atoms with Crippen molar-refractivity contribution in [3.05, 3.63) is 35.9 Å². The highest BCUT2D eigenvalue weighted by molar-refractivity contribution is 5.85. The number of carbonyl (C=O) groups excluding carboxylic acids is 4. The molecule has 1 aromatic rings. The van der Waals surface area contributed by atoms with Crippen molar-refractivity contribution < 1.29 is 28.7 Å². The second kappa shape index (κ2) is 12.2. The van der Waals surface area contributed by atoms with E-state index in [2.05, 4.69) is 5.32 Å². The van der Waals surface area contributed by atoms with Gasteiger partial charge in [0, 0.05) is 25.6 Å². The lowest BCUT2D eigenvalue weighted by molar-refractivity contribution is -0.139. The molecule has 3 fully saturated rings. The Kier molecular flexibility index (Phi) is 8.79. The van der Waals surface area contributed by atoms with Gasteiger partial charge in [0.1, 0.15) is 12.6 Å². The maximum atomic E-state index is 12.6. The lowest BCUT2D eigenvalue weighted by Gasteiger charge is -2.33. The number of esters is 1. The van der Waals surface area contributed by atoms with E-state index in [1.807, 2.05) is 35.2 Å². The van der Waals surface area contributed by atoms with Gasteiger partial charge in [-0.1, -0.05) is 30.3 Å². The third-order valence-electron chi connectivity index (χ3n) is 7.43. The van der Waals surface area contributed by atoms with Gasteiger partial charge in [-0.15, -0.1) is 0 Å². The normalized spacial score (nSPS) is 24.8. The quantitative estimate of drug-likeness (QED) is 0.521. The van der Waals surface area contributed by atoms with Crippen molar-refractivity contribution in [2.24, 2.45) is 11.7 Å². The van der Waals surface area contributed by atoms with E-state index in [1.54, 1.807) is 0 Å². The second-order valence-corrected chi connectivity index (χ2v) is 9.89. The molecule has 1 saturated carbocycles. The number of ether oxygens (including phenoxy) is 2. The number of nitrogens with one attached hydrogen (secondary N) is 1. The van der Waals surface area contributed by atoms with E-state index < -0.39 is 24.1 Å². The standard InChI is InChI=1S/C26H36N4O6/c27-23(24(32)29-14-4-5-15-29)19-8-10-20(11-9-19)28-22(31)13-12-21-25(33)36-17-30(21)26(34)35-16-18-6-2-1-3-7-18/h1-3,6-7,19-21,23H,4-5,8-17,27H2,(H,28,31)/t19-,20-,21-,23-/m0/s1. The molecule has 196 valence electrons. The predicted octanol–water partition coefficient (Wildman–Crippen LogP) is 1.91. The van der Waals surface area contributed by atoms with Gasteiger partial charge in [-0.05, 0) is 56.4 Å². The van der Waals surface area contributed by atoms with Crippen LogP contribution < -0.4 is 11.1 Å². The van der Waals surface area contributed by atoms with Crippen molar-refractivity contribution in [3.8, 4) is 0 Å². The first kappa shape index (κ1) is 25.9. The highest BCUT2D eigenvalue weighted by Crippen LogP contribution is 2.28. The van der Waals surface area contributed by atoms with Gasteiger partial charge in [0.05, 0.1) is 6.04 Å². The average Bonchev–Trinajstić information content (AvgIpc) is 3.56. The van der Waals surface area contributed by atoms with Crippen LogP contribution in [0.3, 0.4) is 0 Å². The van der Waals surface area contributed by atoms with Crippen LogP contribution in [0.15, 0.2) is 30.3 Å². The van der Waals surface area contributed by atoms with Gasteiger partial charge >= 0.3 is 12.1 Å². The molecule has 10 nitrogen and oxygen atoms in total. The summed E-state index contributed by atoms with van der Waals surface area (Å²) in [6, 6.07) is 7.96. The zero-order valence-electron chi connectivity index (χ0n) is 20.6. The Labute approximate surface area is 211 Å². The van der Waals surface area contributed by atoms with Crippen LogP contribution in [-0.4, -0.2) is 71.6 Å². The van der Waals surface area contributed by atoms with Gasteiger partial charge in [-0.25, -0.2) is 9.59 Å². The summed E-state index contributed by atoms with van der Waals surface area (Å²) in [6.45, 7) is 1.51. The minimum Gasteiger partial charge on any atom is -0.444 e. The molecule has 3 aliphatic rings. The Balaban J connectivity index is 1.18. The van der Waals surface area contributed by atoms with Gasteiger partial charge in [0.15, 0.2) is 6.73 Å². The van der Waals surface area contributed by atoms with E-state index in [-0.39, 0.29) is 50.0 Å². The Morgan fingerprint density at radius 2 is 1.78 bits per heavy atom. The Morgan fingerprint density at radius 1 is 1.08 bits per heavy atom. The summed E-state index contributed by atoms with van der Waals surface area (Å²) in [4.78, 5) is 52.9. The largest absolute Gasteiger partial charge is 0.444 e. The molecule has 2 heterocycles. The van der Waals surface area contributed by atoms with Crippen LogP contribution >= 0.6 is 0 Å². The molecule has 0 unspecified atom stereocenters. The van der Waals surface area contributed by atoms with Crippen LogP contribution in [0.4, 0.5) is 4.79 Å². The summed E-state index contributed by atoms with van der Waals surface area (Å²) in [5.74, 6) is -0.518. The molecular weight excluding hydrogens is 464 g/mol. The van der Waals surface area contributed by atoms with Crippen LogP contribution in [0.2, 0.25) is 0 Å². The molecule has 2 atom stereocenters. The van der Waals surface area contributed by atoms with Crippen molar-refractivity contribution in [2.75, 3.05) is 19.8 Å². The molecule has 1 aliphatic carbocycles. The highest BCUT2D eigenvalue weighted by atomic mass is 16.6. The number of benzene rings is 1. The molecule has 4 rings (SSSR count). The second-order valence-electron chi connectivity index (χ2n) is 9.89. The number of carbonyl (C=O) groups is 4. The van der Waals surface area contributed by atoms with Gasteiger partial charge in [0.25, 0.3) is 0 Å². The summed E-state index contributed by atoms with van der Waals surface area (Å²) in [6.07, 6.45) is 4.81. The van der Waals surface area contributed by atoms with Crippen LogP contribution in [0.5, 0.6) is 0 Å². The van der Waals surface area contributed by atoms with Gasteiger partial charge < -0.3 is 25.4 Å². The zero-order valence-corrected chi connectivity index (χ0v) is 20.6. The van der Waals surface area contributed by atoms with E-state index in [4.69, 9.17) is 15.2 Å². The number of likely N-dealkylation sites (tertiary alicyclic amines) is 1. The molecule has 3 amide bonds. The van der Waals surface area contributed by atoms with Crippen molar-refractivity contribution >= 4 is 23.9 Å². The van der Waals surface area contributed by atoms with Gasteiger partial charge in [-0.3, -0.25) is 14.5 Å². The average molecular weight is 501 g/mol. The number of nitrogens with zero attached hydrogens (tertiary/aromatic N) is 2. The van der Waals surface area contributed by atoms with Crippen LogP contribution in [-0.2, 0) is 30.5 Å². The van der Waals surface area contributed by atoms with Gasteiger partial charge in [0.2, 0.25) is 11.8 Å². The van der Waals surface area contributed by atoms with Gasteiger partial charge in [-0.2, -0.15) is 0 Å². The molecule has 10 heteroatoms. The number of cyclic esters (lactones) is 1. The van der Waals surface area contributed by atoms with E-state index in [0.717, 1.165) is 57.2 Å². The molecule has 0 radical (unpaired) electrons. The first-order valence-corrected chi connectivity index (χ1v) is 12.9. The third-order valence-corrected chi connectivity index (χ3v) is 7.43. The maximum absolute atomic E-state index is 12.6. The molecule has 36 heavy (non-hydrogen) atoms. The molecule has 2 saturated heterocycles. The smallest absolute Gasteiger partial charge is 0.413 e. The van der Waals surface area contributed by atoms with Crippen molar-refractivity contribution in [1.29, 1.82) is 0 Å². The molecular formula is C26H36N4O6. The molecule has 2 aliphatic heterocycles. The first-order valence-electron chi connectivity index (χ1n) is 12.9. The summed E-state index contributed by atoms with van der Waals surface area (Å²) < 4.78 is 10.3. The third kappa shape index (κ3) is 6.54. The zero-order chi connectivity index (χ0) is 25.5. The summed E-state index contributed by atoms with van der Waals surface area (Å²) in [7, 11) is 0. The number of amides is 3. The minimum atomic E-state index is -0.843. The lowest BCUT2D eigenvalue weighted by Crippen LogP contribution is -2.49. The summed E-state index contributed by atoms with van der Waals surface area (Å²) >= 11 is 0. The van der Waals surface area contributed by atoms with Crippen molar-refractivity contribution in [3.63, 3.8) is 0 Å². The summed E-state index contributed by atoms with van der Waals surface area (Å²) in [5.41, 5.74) is 7.11. The Bertz CT molecular complexity index is 928. The van der Waals surface area contributed by atoms with E-state index in [9.17, 15) is 19.2 Å². The number of hydrogen-bond donors (Lipinski definition) is 2. The van der Waals surface area contributed by atoms with E-state index >= 15 is 0 Å². The monoisotopic (exact) mass is 500 g/mol. The number of nitrogens with two attached hydrogens (primary N) is 1. The molecule has 1 aromatic carbocycles. The minimum absolute atomic E-state index is 0.0188.